The maximum absolute atomic E-state index is 13.6. The van der Waals surface area contributed by atoms with E-state index in [2.05, 4.69) is 36.3 Å². The minimum absolute atomic E-state index is 0.0261. The second-order valence-corrected chi connectivity index (χ2v) is 13.1. The van der Waals surface area contributed by atoms with E-state index in [4.69, 9.17) is 5.73 Å². The van der Waals surface area contributed by atoms with Gasteiger partial charge in [0.1, 0.15) is 11.8 Å². The summed E-state index contributed by atoms with van der Waals surface area (Å²) in [4.78, 5) is 34.5. The van der Waals surface area contributed by atoms with Crippen LogP contribution in [-0.2, 0) is 9.59 Å². The number of nitrogens with two attached hydrogens (primary N) is 1. The van der Waals surface area contributed by atoms with Crippen LogP contribution in [-0.4, -0.2) is 51.0 Å². The Morgan fingerprint density at radius 2 is 2.03 bits per heavy atom. The summed E-state index contributed by atoms with van der Waals surface area (Å²) in [5, 5.41) is 14.0. The summed E-state index contributed by atoms with van der Waals surface area (Å²) in [5.74, 6) is -1.24. The van der Waals surface area contributed by atoms with Crippen molar-refractivity contribution in [3.63, 3.8) is 0 Å². The fourth-order valence-electron chi connectivity index (χ4n) is 5.83. The lowest BCUT2D eigenvalue weighted by Gasteiger charge is -2.39. The first-order valence-electron chi connectivity index (χ1n) is 13.8. The molecule has 7 nitrogen and oxygen atoms in total. The molecule has 0 saturated carbocycles. The molecule has 2 amide bonds. The lowest BCUT2D eigenvalue weighted by atomic mass is 9.69. The molecule has 38 heavy (non-hydrogen) atoms. The molecule has 210 valence electrons. The number of hydrogen-bond acceptors (Lipinski definition) is 6. The molecule has 0 bridgehead atoms. The fraction of sp³-hybridized carbons (Fsp3) is 0.633. The van der Waals surface area contributed by atoms with E-state index in [1.54, 1.807) is 36.2 Å². The Morgan fingerprint density at radius 1 is 1.34 bits per heavy atom. The minimum Gasteiger partial charge on any atom is -0.512 e. The lowest BCUT2D eigenvalue weighted by Crippen LogP contribution is -2.51. The number of allylic oxidation sites excluding steroid dienone is 3. The molecule has 0 aromatic carbocycles. The fourth-order valence-corrected chi connectivity index (χ4v) is 6.66. The van der Waals surface area contributed by atoms with Gasteiger partial charge in [0.25, 0.3) is 0 Å². The highest BCUT2D eigenvalue weighted by molar-refractivity contribution is 7.10. The summed E-state index contributed by atoms with van der Waals surface area (Å²) in [5.41, 5.74) is 10.7. The Morgan fingerprint density at radius 3 is 2.58 bits per heavy atom. The van der Waals surface area contributed by atoms with E-state index < -0.39 is 17.5 Å². The number of carbonyl (C=O) groups excluding carboxylic acids is 2. The van der Waals surface area contributed by atoms with Crippen molar-refractivity contribution in [3.05, 3.63) is 45.6 Å². The number of aliphatic hydroxyl groups excluding tert-OH is 1. The Labute approximate surface area is 232 Å². The van der Waals surface area contributed by atoms with Gasteiger partial charge in [0, 0.05) is 18.1 Å². The molecule has 2 heterocycles. The van der Waals surface area contributed by atoms with Crippen molar-refractivity contribution in [1.29, 1.82) is 0 Å². The van der Waals surface area contributed by atoms with E-state index in [0.29, 0.717) is 13.0 Å². The van der Waals surface area contributed by atoms with Gasteiger partial charge in [0.05, 0.1) is 22.0 Å². The highest BCUT2D eigenvalue weighted by Gasteiger charge is 2.41. The van der Waals surface area contributed by atoms with Gasteiger partial charge in [-0.2, -0.15) is 0 Å². The van der Waals surface area contributed by atoms with E-state index in [0.717, 1.165) is 25.0 Å². The topological polar surface area (TPSA) is 109 Å². The molecule has 2 aliphatic rings. The number of nitrogens with zero attached hydrogens (tertiary/aromatic N) is 2. The standard InChI is InChI=1S/C30H46N4O3S/c1-9-30(8)15-21(26-20(5)32-17-38-26)12-13-22(30)19(4)33-27(36)23-11-10-14-34(23)28(37)25(18(2)3)24(35)16-29(6,7)31/h12-13,16-19,23,25,35H,9-11,14-15,31H2,1-8H3,(H,33,36)/b24-16-/t19?,23-,25+,30+/m0/s1. The zero-order valence-corrected chi connectivity index (χ0v) is 25.1. The van der Waals surface area contributed by atoms with Crippen LogP contribution >= 0.6 is 11.3 Å². The molecule has 0 radical (unpaired) electrons. The smallest absolute Gasteiger partial charge is 0.243 e. The molecule has 8 heteroatoms. The Kier molecular flexibility index (Phi) is 9.30. The number of carbonyl (C=O) groups is 2. The van der Waals surface area contributed by atoms with Crippen molar-refractivity contribution in [3.8, 4) is 0 Å². The van der Waals surface area contributed by atoms with Gasteiger partial charge < -0.3 is 21.1 Å². The van der Waals surface area contributed by atoms with Gasteiger partial charge in [-0.15, -0.1) is 11.3 Å². The third-order valence-electron chi connectivity index (χ3n) is 7.99. The SMILES string of the molecule is CC[C@]1(C)CC(c2scnc2C)=CC=C1C(C)NC(=O)[C@@H]1CCCN1C(=O)[C@@H](/C(O)=C/C(C)(C)N)C(C)C. The third-order valence-corrected chi connectivity index (χ3v) is 9.00. The maximum atomic E-state index is 13.6. The van der Waals surface area contributed by atoms with Crippen molar-refractivity contribution in [1.82, 2.24) is 15.2 Å². The van der Waals surface area contributed by atoms with Gasteiger partial charge in [-0.05, 0) is 81.9 Å². The number of thiazole rings is 1. The molecule has 1 aromatic heterocycles. The van der Waals surface area contributed by atoms with Gasteiger partial charge in [-0.25, -0.2) is 4.98 Å². The van der Waals surface area contributed by atoms with Gasteiger partial charge in [-0.1, -0.05) is 39.8 Å². The first-order valence-corrected chi connectivity index (χ1v) is 14.7. The normalized spacial score (nSPS) is 24.2. The highest BCUT2D eigenvalue weighted by Crippen LogP contribution is 2.46. The van der Waals surface area contributed by atoms with Crippen molar-refractivity contribution < 1.29 is 14.7 Å². The van der Waals surface area contributed by atoms with Gasteiger partial charge >= 0.3 is 0 Å². The molecule has 4 N–H and O–H groups in total. The molecular weight excluding hydrogens is 496 g/mol. The van der Waals surface area contributed by atoms with Crippen molar-refractivity contribution in [2.24, 2.45) is 23.0 Å². The summed E-state index contributed by atoms with van der Waals surface area (Å²) >= 11 is 1.67. The molecule has 3 rings (SSSR count). The summed E-state index contributed by atoms with van der Waals surface area (Å²) in [6.45, 7) is 16.4. The average Bonchev–Trinajstić information content (AvgIpc) is 3.46. The van der Waals surface area contributed by atoms with Gasteiger partial charge in [0.15, 0.2) is 0 Å². The molecule has 1 aliphatic heterocycles. The largest absolute Gasteiger partial charge is 0.512 e. The van der Waals surface area contributed by atoms with Crippen LogP contribution in [0.5, 0.6) is 0 Å². The highest BCUT2D eigenvalue weighted by atomic mass is 32.1. The monoisotopic (exact) mass is 542 g/mol. The predicted molar refractivity (Wildman–Crippen MR) is 156 cm³/mol. The molecule has 1 unspecified atom stereocenters. The van der Waals surface area contributed by atoms with E-state index in [1.165, 1.54) is 16.0 Å². The first-order chi connectivity index (χ1) is 17.7. The number of aliphatic hydroxyl groups is 1. The minimum atomic E-state index is -0.749. The molecular formula is C30H46N4O3S. The molecule has 4 atom stereocenters. The number of aryl methyl sites for hydroxylation is 1. The first kappa shape index (κ1) is 30.1. The number of aromatic nitrogens is 1. The lowest BCUT2D eigenvalue weighted by molar-refractivity contribution is -0.142. The number of nitrogens with one attached hydrogen (secondary N) is 1. The van der Waals surface area contributed by atoms with E-state index in [9.17, 15) is 14.7 Å². The predicted octanol–water partition coefficient (Wildman–Crippen LogP) is 5.53. The van der Waals surface area contributed by atoms with Crippen molar-refractivity contribution in [2.45, 2.75) is 98.7 Å². The van der Waals surface area contributed by atoms with Gasteiger partial charge in [-0.3, -0.25) is 9.59 Å². The van der Waals surface area contributed by atoms with Crippen LogP contribution in [0.4, 0.5) is 0 Å². The summed E-state index contributed by atoms with van der Waals surface area (Å²) < 4.78 is 0. The molecule has 0 spiro atoms. The zero-order chi connectivity index (χ0) is 28.4. The quantitative estimate of drug-likeness (QED) is 0.356. The summed E-state index contributed by atoms with van der Waals surface area (Å²) in [7, 11) is 0. The third kappa shape index (κ3) is 6.57. The Hall–Kier alpha value is -2.45. The van der Waals surface area contributed by atoms with Crippen molar-refractivity contribution in [2.75, 3.05) is 6.54 Å². The number of amides is 2. The summed E-state index contributed by atoms with van der Waals surface area (Å²) in [6.07, 6.45) is 9.08. The molecule has 1 aliphatic carbocycles. The van der Waals surface area contributed by atoms with Crippen LogP contribution in [0.1, 0.15) is 84.7 Å². The number of hydrogen-bond donors (Lipinski definition) is 3. The van der Waals surface area contributed by atoms with Crippen LogP contribution in [0.25, 0.3) is 5.57 Å². The van der Waals surface area contributed by atoms with Crippen LogP contribution in [0.3, 0.4) is 0 Å². The molecule has 1 aromatic rings. The van der Waals surface area contributed by atoms with Crippen LogP contribution in [0.15, 0.2) is 35.1 Å². The molecule has 1 fully saturated rings. The average molecular weight is 543 g/mol. The van der Waals surface area contributed by atoms with Crippen LogP contribution < -0.4 is 11.1 Å². The number of likely N-dealkylation sites (tertiary alicyclic amines) is 1. The van der Waals surface area contributed by atoms with Gasteiger partial charge in [0.2, 0.25) is 11.8 Å². The van der Waals surface area contributed by atoms with Crippen LogP contribution in [0.2, 0.25) is 0 Å². The maximum Gasteiger partial charge on any atom is 0.243 e. The Bertz CT molecular complexity index is 1130. The second kappa shape index (κ2) is 11.7. The number of rotatable bonds is 9. The Balaban J connectivity index is 1.79. The second-order valence-electron chi connectivity index (χ2n) is 12.2. The van der Waals surface area contributed by atoms with Crippen LogP contribution in [0, 0.1) is 24.2 Å². The van der Waals surface area contributed by atoms with E-state index in [1.807, 2.05) is 33.2 Å². The summed E-state index contributed by atoms with van der Waals surface area (Å²) in [6, 6.07) is -0.717. The van der Waals surface area contributed by atoms with Crippen molar-refractivity contribution >= 4 is 28.7 Å². The molecule has 1 saturated heterocycles. The van der Waals surface area contributed by atoms with E-state index >= 15 is 0 Å². The van der Waals surface area contributed by atoms with E-state index in [-0.39, 0.29) is 34.9 Å². The zero-order valence-electron chi connectivity index (χ0n) is 24.3.